The van der Waals surface area contributed by atoms with Gasteiger partial charge < -0.3 is 5.11 Å². The molecule has 1 aromatic carbocycles. The molecule has 84 valence electrons. The van der Waals surface area contributed by atoms with Gasteiger partial charge in [0.1, 0.15) is 0 Å². The number of nitrogens with zero attached hydrogens (tertiary/aromatic N) is 2. The third kappa shape index (κ3) is 1.91. The number of carbonyl (C=O) groups is 1. The highest BCUT2D eigenvalue weighted by Crippen LogP contribution is 2.19. The summed E-state index contributed by atoms with van der Waals surface area (Å²) in [6.45, 7) is 4.10. The molecule has 1 aromatic heterocycles. The van der Waals surface area contributed by atoms with Crippen molar-refractivity contribution in [2.24, 2.45) is 0 Å². The van der Waals surface area contributed by atoms with Crippen molar-refractivity contribution in [2.75, 3.05) is 0 Å². The molecule has 0 radical (unpaired) electrons. The third-order valence-corrected chi connectivity index (χ3v) is 2.51. The zero-order valence-electron chi connectivity index (χ0n) is 9.34. The first-order chi connectivity index (χ1) is 7.58. The predicted molar refractivity (Wildman–Crippen MR) is 61.5 cm³/mol. The first-order valence-electron chi connectivity index (χ1n) is 5.26. The molecule has 4 nitrogen and oxygen atoms in total. The number of hydrogen-bond acceptors (Lipinski definition) is 2. The van der Waals surface area contributed by atoms with Crippen LogP contribution in [0.1, 0.15) is 25.5 Å². The summed E-state index contributed by atoms with van der Waals surface area (Å²) in [4.78, 5) is 10.6. The van der Waals surface area contributed by atoms with Crippen molar-refractivity contribution >= 4 is 16.9 Å². The summed E-state index contributed by atoms with van der Waals surface area (Å²) in [7, 11) is 0. The molecule has 0 aliphatic rings. The predicted octanol–water partition coefficient (Wildman–Crippen LogP) is 2.24. The van der Waals surface area contributed by atoms with E-state index in [1.165, 1.54) is 0 Å². The summed E-state index contributed by atoms with van der Waals surface area (Å²) < 4.78 is 1.90. The van der Waals surface area contributed by atoms with Crippen molar-refractivity contribution in [3.63, 3.8) is 0 Å². The van der Waals surface area contributed by atoms with Gasteiger partial charge in [-0.1, -0.05) is 12.1 Å². The maximum atomic E-state index is 10.6. The van der Waals surface area contributed by atoms with E-state index in [0.29, 0.717) is 0 Å². The molecular formula is C12H14N2O2. The summed E-state index contributed by atoms with van der Waals surface area (Å²) in [6, 6.07) is 5.93. The maximum Gasteiger partial charge on any atom is 0.307 e. The summed E-state index contributed by atoms with van der Waals surface area (Å²) >= 11 is 0. The van der Waals surface area contributed by atoms with Gasteiger partial charge in [0.15, 0.2) is 0 Å². The molecule has 16 heavy (non-hydrogen) atoms. The van der Waals surface area contributed by atoms with Crippen molar-refractivity contribution in [3.8, 4) is 0 Å². The second-order valence-corrected chi connectivity index (χ2v) is 4.15. The van der Waals surface area contributed by atoms with Crippen LogP contribution in [-0.4, -0.2) is 20.9 Å². The fourth-order valence-corrected chi connectivity index (χ4v) is 1.78. The van der Waals surface area contributed by atoms with Crippen LogP contribution >= 0.6 is 0 Å². The van der Waals surface area contributed by atoms with Gasteiger partial charge in [0, 0.05) is 11.4 Å². The molecule has 0 unspecified atom stereocenters. The number of benzene rings is 1. The number of hydrogen-bond donors (Lipinski definition) is 1. The Balaban J connectivity index is 2.50. The molecule has 1 heterocycles. The topological polar surface area (TPSA) is 55.1 Å². The molecule has 0 bridgehead atoms. The third-order valence-electron chi connectivity index (χ3n) is 2.51. The first kappa shape index (κ1) is 10.7. The molecule has 2 rings (SSSR count). The van der Waals surface area contributed by atoms with Gasteiger partial charge in [-0.15, -0.1) is 0 Å². The summed E-state index contributed by atoms with van der Waals surface area (Å²) in [5.41, 5.74) is 1.80. The molecule has 0 saturated carbocycles. The van der Waals surface area contributed by atoms with Crippen molar-refractivity contribution in [1.82, 2.24) is 9.78 Å². The quantitative estimate of drug-likeness (QED) is 0.859. The van der Waals surface area contributed by atoms with Crippen LogP contribution in [0.3, 0.4) is 0 Å². The van der Waals surface area contributed by atoms with Crippen molar-refractivity contribution < 1.29 is 9.90 Å². The van der Waals surface area contributed by atoms with Crippen LogP contribution in [-0.2, 0) is 11.2 Å². The van der Waals surface area contributed by atoms with Crippen LogP contribution in [0.5, 0.6) is 0 Å². The highest BCUT2D eigenvalue weighted by molar-refractivity contribution is 5.81. The Morgan fingerprint density at radius 2 is 2.25 bits per heavy atom. The van der Waals surface area contributed by atoms with Gasteiger partial charge in [0.2, 0.25) is 0 Å². The SMILES string of the molecule is CC(C)n1ncc2ccc(CC(=O)O)cc21. The van der Waals surface area contributed by atoms with Crippen molar-refractivity contribution in [3.05, 3.63) is 30.0 Å². The molecule has 0 fully saturated rings. The Morgan fingerprint density at radius 1 is 1.50 bits per heavy atom. The van der Waals surface area contributed by atoms with E-state index in [-0.39, 0.29) is 12.5 Å². The monoisotopic (exact) mass is 218 g/mol. The van der Waals surface area contributed by atoms with E-state index in [1.54, 1.807) is 6.20 Å². The van der Waals surface area contributed by atoms with Gasteiger partial charge >= 0.3 is 5.97 Å². The number of fused-ring (bicyclic) bond motifs is 1. The van der Waals surface area contributed by atoms with Crippen molar-refractivity contribution in [1.29, 1.82) is 0 Å². The molecular weight excluding hydrogens is 204 g/mol. The highest BCUT2D eigenvalue weighted by Gasteiger charge is 2.07. The number of aromatic nitrogens is 2. The standard InChI is InChI=1S/C12H14N2O2/c1-8(2)14-11-5-9(6-12(15)16)3-4-10(11)7-13-14/h3-5,7-8H,6H2,1-2H3,(H,15,16). The van der Waals surface area contributed by atoms with E-state index in [4.69, 9.17) is 5.11 Å². The smallest absolute Gasteiger partial charge is 0.307 e. The first-order valence-corrected chi connectivity index (χ1v) is 5.26. The summed E-state index contributed by atoms with van der Waals surface area (Å²) in [5.74, 6) is -0.810. The van der Waals surface area contributed by atoms with Gasteiger partial charge in [-0.05, 0) is 25.5 Å². The Bertz CT molecular complexity index is 529. The van der Waals surface area contributed by atoms with Gasteiger partial charge in [-0.2, -0.15) is 5.10 Å². The molecule has 4 heteroatoms. The van der Waals surface area contributed by atoms with Crippen LogP contribution < -0.4 is 0 Å². The lowest BCUT2D eigenvalue weighted by Crippen LogP contribution is -2.03. The lowest BCUT2D eigenvalue weighted by atomic mass is 10.1. The lowest BCUT2D eigenvalue weighted by molar-refractivity contribution is -0.136. The summed E-state index contributed by atoms with van der Waals surface area (Å²) in [6.07, 6.45) is 1.86. The Kier molecular flexibility index (Phi) is 2.64. The van der Waals surface area contributed by atoms with E-state index >= 15 is 0 Å². The van der Waals surface area contributed by atoms with Crippen molar-refractivity contribution in [2.45, 2.75) is 26.3 Å². The fraction of sp³-hybridized carbons (Fsp3) is 0.333. The van der Waals surface area contributed by atoms with Crippen LogP contribution in [0.2, 0.25) is 0 Å². The largest absolute Gasteiger partial charge is 0.481 e. The molecule has 0 amide bonds. The fourth-order valence-electron chi connectivity index (χ4n) is 1.78. The minimum absolute atomic E-state index is 0.0548. The van der Waals surface area contributed by atoms with Gasteiger partial charge in [0.25, 0.3) is 0 Å². The second kappa shape index (κ2) is 3.96. The van der Waals surface area contributed by atoms with Crippen LogP contribution in [0, 0.1) is 0 Å². The zero-order valence-corrected chi connectivity index (χ0v) is 9.34. The normalized spacial score (nSPS) is 11.2. The Hall–Kier alpha value is -1.84. The van der Waals surface area contributed by atoms with Crippen LogP contribution in [0.4, 0.5) is 0 Å². The van der Waals surface area contributed by atoms with Gasteiger partial charge in [0.05, 0.1) is 18.1 Å². The molecule has 0 spiro atoms. The molecule has 2 aromatic rings. The average Bonchev–Trinajstić information content (AvgIpc) is 2.59. The van der Waals surface area contributed by atoms with E-state index in [2.05, 4.69) is 18.9 Å². The molecule has 0 atom stereocenters. The Morgan fingerprint density at radius 3 is 2.88 bits per heavy atom. The number of rotatable bonds is 3. The van der Waals surface area contributed by atoms with Crippen LogP contribution in [0.15, 0.2) is 24.4 Å². The van der Waals surface area contributed by atoms with E-state index < -0.39 is 5.97 Å². The lowest BCUT2D eigenvalue weighted by Gasteiger charge is -2.07. The number of aliphatic carboxylic acids is 1. The van der Waals surface area contributed by atoms with E-state index in [1.807, 2.05) is 22.9 Å². The molecule has 0 aliphatic carbocycles. The highest BCUT2D eigenvalue weighted by atomic mass is 16.4. The number of carboxylic acids is 1. The summed E-state index contributed by atoms with van der Waals surface area (Å²) in [5, 5.41) is 14.1. The Labute approximate surface area is 93.5 Å². The minimum Gasteiger partial charge on any atom is -0.481 e. The van der Waals surface area contributed by atoms with Crippen LogP contribution in [0.25, 0.3) is 10.9 Å². The average molecular weight is 218 g/mol. The molecule has 0 aliphatic heterocycles. The molecule has 0 saturated heterocycles. The van der Waals surface area contributed by atoms with Gasteiger partial charge in [-0.25, -0.2) is 0 Å². The van der Waals surface area contributed by atoms with E-state index in [9.17, 15) is 4.79 Å². The minimum atomic E-state index is -0.810. The maximum absolute atomic E-state index is 10.6. The zero-order chi connectivity index (χ0) is 11.7. The second-order valence-electron chi connectivity index (χ2n) is 4.15. The van der Waals surface area contributed by atoms with Gasteiger partial charge in [-0.3, -0.25) is 9.48 Å². The number of carboxylic acid groups (broad SMARTS) is 1. The molecule has 1 N–H and O–H groups in total. The van der Waals surface area contributed by atoms with E-state index in [0.717, 1.165) is 16.5 Å².